The molecule has 0 aliphatic rings. The predicted molar refractivity (Wildman–Crippen MR) is 114 cm³/mol. The van der Waals surface area contributed by atoms with E-state index in [0.717, 1.165) is 0 Å². The highest BCUT2D eigenvalue weighted by Crippen LogP contribution is 2.15. The van der Waals surface area contributed by atoms with Gasteiger partial charge in [0, 0.05) is 19.5 Å². The van der Waals surface area contributed by atoms with Crippen LogP contribution in [0.3, 0.4) is 0 Å². The van der Waals surface area contributed by atoms with E-state index < -0.39 is 6.10 Å². The van der Waals surface area contributed by atoms with Crippen molar-refractivity contribution < 1.29 is 24.2 Å². The Balaban J connectivity index is 1.67. The molecule has 4 N–H and O–H groups in total. The summed E-state index contributed by atoms with van der Waals surface area (Å²) in [5.74, 6) is -0.693. The minimum Gasteiger partial charge on any atom is -0.463 e. The van der Waals surface area contributed by atoms with Crippen LogP contribution in [0.15, 0.2) is 12.7 Å². The van der Waals surface area contributed by atoms with Crippen molar-refractivity contribution in [3.63, 3.8) is 0 Å². The Morgan fingerprint density at radius 2 is 1.94 bits per heavy atom. The van der Waals surface area contributed by atoms with Gasteiger partial charge in [-0.2, -0.15) is 0 Å². The summed E-state index contributed by atoms with van der Waals surface area (Å²) in [4.78, 5) is 36.1. The summed E-state index contributed by atoms with van der Waals surface area (Å²) in [5.41, 5.74) is 6.93. The van der Waals surface area contributed by atoms with E-state index in [1.807, 2.05) is 11.5 Å². The van der Waals surface area contributed by atoms with Crippen molar-refractivity contribution in [3.05, 3.63) is 12.7 Å². The Labute approximate surface area is 181 Å². The first-order chi connectivity index (χ1) is 14.7. The lowest BCUT2D eigenvalue weighted by molar-refractivity contribution is -0.151. The minimum absolute atomic E-state index is 0.0653. The lowest BCUT2D eigenvalue weighted by Gasteiger charge is -2.17. The number of anilines is 1. The molecule has 0 radical (unpaired) electrons. The van der Waals surface area contributed by atoms with E-state index >= 15 is 0 Å². The van der Waals surface area contributed by atoms with E-state index in [4.69, 9.17) is 15.2 Å². The molecule has 2 aromatic rings. The number of nitrogens with one attached hydrogen (secondary N) is 1. The molecule has 11 nitrogen and oxygen atoms in total. The van der Waals surface area contributed by atoms with Gasteiger partial charge in [0.05, 0.1) is 37.6 Å². The van der Waals surface area contributed by atoms with Crippen molar-refractivity contribution >= 4 is 28.7 Å². The summed E-state index contributed by atoms with van der Waals surface area (Å²) in [6, 6.07) is 0. The molecule has 172 valence electrons. The molecular formula is C20H32N6O5. The van der Waals surface area contributed by atoms with Gasteiger partial charge in [-0.25, -0.2) is 15.0 Å². The number of nitrogen functional groups attached to an aromatic ring is 1. The largest absolute Gasteiger partial charge is 0.463 e. The second kappa shape index (κ2) is 11.7. The molecule has 0 aliphatic carbocycles. The second-order valence-corrected chi connectivity index (χ2v) is 7.79. The van der Waals surface area contributed by atoms with Gasteiger partial charge in [-0.15, -0.1) is 0 Å². The van der Waals surface area contributed by atoms with Crippen LogP contribution < -0.4 is 11.1 Å². The molecule has 31 heavy (non-hydrogen) atoms. The number of ketones is 1. The standard InChI is InChI=1S/C20H32N6O5/c1-12(2)31-20(29)13(3)7-22-8-16(28)15(27)5-6-30-14(4)9-26-11-25-17-18(21)23-10-24-19(17)26/h10-14,16,22,28H,5-9H2,1-4H3,(H2,21,23,24)/t13-,14-,16?/m1/s1. The highest BCUT2D eigenvalue weighted by atomic mass is 16.5. The number of nitrogens with two attached hydrogens (primary N) is 1. The maximum Gasteiger partial charge on any atom is 0.310 e. The fraction of sp³-hybridized carbons (Fsp3) is 0.650. The fourth-order valence-electron chi connectivity index (χ4n) is 2.87. The first kappa shape index (κ1) is 24.6. The predicted octanol–water partition coefficient (Wildman–Crippen LogP) is 0.311. The molecule has 0 aliphatic heterocycles. The number of aromatic nitrogens is 4. The van der Waals surface area contributed by atoms with Gasteiger partial charge in [0.1, 0.15) is 17.9 Å². The lowest BCUT2D eigenvalue weighted by Crippen LogP contribution is -2.37. The molecule has 2 aromatic heterocycles. The highest BCUT2D eigenvalue weighted by Gasteiger charge is 2.19. The SMILES string of the molecule is CC(C)OC(=O)[C@H](C)CNCC(O)C(=O)CCO[C@H](C)Cn1cnc2c(N)ncnc21. The third-order valence-electron chi connectivity index (χ3n) is 4.55. The number of hydrogen-bond acceptors (Lipinski definition) is 10. The number of Topliss-reactive ketones (excluding diaryl/α,β-unsaturated/α-hetero) is 1. The van der Waals surface area contributed by atoms with Crippen molar-refractivity contribution in [3.8, 4) is 0 Å². The van der Waals surface area contributed by atoms with E-state index in [-0.39, 0.29) is 49.5 Å². The first-order valence-electron chi connectivity index (χ1n) is 10.3. The number of hydrogen-bond donors (Lipinski definition) is 3. The second-order valence-electron chi connectivity index (χ2n) is 7.79. The first-order valence-corrected chi connectivity index (χ1v) is 10.3. The van der Waals surface area contributed by atoms with Crippen LogP contribution in [0.2, 0.25) is 0 Å². The van der Waals surface area contributed by atoms with Gasteiger partial charge in [0.2, 0.25) is 0 Å². The molecule has 0 saturated heterocycles. The molecule has 0 amide bonds. The van der Waals surface area contributed by atoms with Crippen LogP contribution in [-0.4, -0.2) is 74.4 Å². The number of carbonyl (C=O) groups excluding carboxylic acids is 2. The Morgan fingerprint density at radius 1 is 1.19 bits per heavy atom. The normalized spacial score (nSPS) is 14.5. The van der Waals surface area contributed by atoms with Gasteiger partial charge in [0.25, 0.3) is 0 Å². The van der Waals surface area contributed by atoms with Gasteiger partial charge in [-0.05, 0) is 20.8 Å². The fourth-order valence-corrected chi connectivity index (χ4v) is 2.87. The Kier molecular flexibility index (Phi) is 9.28. The van der Waals surface area contributed by atoms with Crippen LogP contribution in [0.5, 0.6) is 0 Å². The smallest absolute Gasteiger partial charge is 0.310 e. The van der Waals surface area contributed by atoms with Gasteiger partial charge in [-0.3, -0.25) is 9.59 Å². The van der Waals surface area contributed by atoms with Crippen molar-refractivity contribution in [1.29, 1.82) is 0 Å². The molecule has 2 rings (SSSR count). The molecule has 2 heterocycles. The molecular weight excluding hydrogens is 404 g/mol. The van der Waals surface area contributed by atoms with Crippen molar-refractivity contribution in [1.82, 2.24) is 24.8 Å². The average Bonchev–Trinajstić information content (AvgIpc) is 3.11. The number of rotatable bonds is 13. The summed E-state index contributed by atoms with van der Waals surface area (Å²) in [7, 11) is 0. The number of fused-ring (bicyclic) bond motifs is 1. The van der Waals surface area contributed by atoms with Gasteiger partial charge >= 0.3 is 5.97 Å². The number of esters is 1. The Hall–Kier alpha value is -2.63. The van der Waals surface area contributed by atoms with Crippen LogP contribution in [0.4, 0.5) is 5.82 Å². The van der Waals surface area contributed by atoms with Gasteiger partial charge in [-0.1, -0.05) is 6.92 Å². The van der Waals surface area contributed by atoms with Crippen LogP contribution in [-0.2, 0) is 25.6 Å². The number of aliphatic hydroxyl groups excluding tert-OH is 1. The quantitative estimate of drug-likeness (QED) is 0.374. The molecule has 0 fully saturated rings. The lowest BCUT2D eigenvalue weighted by atomic mass is 10.1. The average molecular weight is 437 g/mol. The summed E-state index contributed by atoms with van der Waals surface area (Å²) < 4.78 is 12.6. The molecule has 11 heteroatoms. The van der Waals surface area contributed by atoms with E-state index in [1.165, 1.54) is 6.33 Å². The van der Waals surface area contributed by atoms with Crippen LogP contribution in [0.1, 0.15) is 34.1 Å². The third kappa shape index (κ3) is 7.53. The zero-order chi connectivity index (χ0) is 23.0. The topological polar surface area (TPSA) is 154 Å². The molecule has 0 aromatic carbocycles. The molecule has 3 atom stereocenters. The third-order valence-corrected chi connectivity index (χ3v) is 4.55. The van der Waals surface area contributed by atoms with E-state index in [9.17, 15) is 14.7 Å². The van der Waals surface area contributed by atoms with Crippen molar-refractivity contribution in [2.24, 2.45) is 5.92 Å². The summed E-state index contributed by atoms with van der Waals surface area (Å²) in [6.07, 6.45) is 1.53. The van der Waals surface area contributed by atoms with E-state index in [0.29, 0.717) is 30.1 Å². The number of carbonyl (C=O) groups is 2. The number of nitrogens with zero attached hydrogens (tertiary/aromatic N) is 4. The van der Waals surface area contributed by atoms with Gasteiger partial charge < -0.3 is 30.2 Å². The van der Waals surface area contributed by atoms with Crippen molar-refractivity contribution in [2.45, 2.75) is 59.0 Å². The van der Waals surface area contributed by atoms with E-state index in [2.05, 4.69) is 20.3 Å². The molecule has 0 bridgehead atoms. The summed E-state index contributed by atoms with van der Waals surface area (Å²) >= 11 is 0. The van der Waals surface area contributed by atoms with Gasteiger partial charge in [0.15, 0.2) is 17.2 Å². The van der Waals surface area contributed by atoms with Crippen molar-refractivity contribution in [2.75, 3.05) is 25.4 Å². The Morgan fingerprint density at radius 3 is 2.65 bits per heavy atom. The Bertz CT molecular complexity index is 871. The maximum atomic E-state index is 12.1. The number of imidazole rings is 1. The minimum atomic E-state index is -1.16. The van der Waals surface area contributed by atoms with E-state index in [1.54, 1.807) is 27.1 Å². The van der Waals surface area contributed by atoms with Crippen LogP contribution in [0.25, 0.3) is 11.2 Å². The van der Waals surface area contributed by atoms with Crippen LogP contribution >= 0.6 is 0 Å². The summed E-state index contributed by atoms with van der Waals surface area (Å²) in [5, 5.41) is 12.9. The summed E-state index contributed by atoms with van der Waals surface area (Å²) in [6.45, 7) is 8.21. The highest BCUT2D eigenvalue weighted by molar-refractivity contribution is 5.83. The molecule has 1 unspecified atom stereocenters. The zero-order valence-corrected chi connectivity index (χ0v) is 18.4. The monoisotopic (exact) mass is 436 g/mol. The molecule has 0 saturated carbocycles. The number of aliphatic hydroxyl groups is 1. The maximum absolute atomic E-state index is 12.1. The molecule has 0 spiro atoms. The zero-order valence-electron chi connectivity index (χ0n) is 18.4. The number of ether oxygens (including phenoxy) is 2. The van der Waals surface area contributed by atoms with Crippen LogP contribution in [0, 0.1) is 5.92 Å².